The Kier molecular flexibility index (Phi) is 61.8. The molecule has 0 saturated heterocycles. The van der Waals surface area contributed by atoms with Gasteiger partial charge in [0.05, 0.1) is 6.61 Å². The molecular weight excluding hydrogens is 897 g/mol. The van der Waals surface area contributed by atoms with Crippen molar-refractivity contribution in [2.45, 2.75) is 347 Å². The van der Waals surface area contributed by atoms with E-state index in [0.29, 0.717) is 12.8 Å². The maximum Gasteiger partial charge on any atom is 0.306 e. The lowest BCUT2D eigenvalue weighted by molar-refractivity contribution is -0.161. The molecule has 0 aliphatic rings. The zero-order chi connectivity index (χ0) is 52.7. The quantitative estimate of drug-likeness (QED) is 0.0373. The number of hydrogen-bond acceptors (Lipinski definition) is 5. The van der Waals surface area contributed by atoms with Crippen molar-refractivity contribution in [2.24, 2.45) is 0 Å². The second kappa shape index (κ2) is 63.9. The fourth-order valence-corrected chi connectivity index (χ4v) is 9.76. The lowest BCUT2D eigenvalue weighted by atomic mass is 10.0. The molecule has 5 nitrogen and oxygen atoms in total. The summed E-state index contributed by atoms with van der Waals surface area (Å²) >= 11 is 0. The number of allylic oxidation sites excluding steroid dienone is 10. The zero-order valence-electron chi connectivity index (χ0n) is 48.9. The molecule has 0 radical (unpaired) electrons. The van der Waals surface area contributed by atoms with Gasteiger partial charge in [0.25, 0.3) is 0 Å². The number of hydrogen-bond donors (Lipinski definition) is 1. The van der Waals surface area contributed by atoms with Crippen molar-refractivity contribution in [3.63, 3.8) is 0 Å². The Bertz CT molecular complexity index is 1250. The van der Waals surface area contributed by atoms with Gasteiger partial charge in [-0.05, 0) is 57.8 Å². The first-order chi connectivity index (χ1) is 36.1. The molecule has 0 fully saturated rings. The van der Waals surface area contributed by atoms with Gasteiger partial charge < -0.3 is 14.6 Å². The maximum absolute atomic E-state index is 12.3. The van der Waals surface area contributed by atoms with E-state index in [2.05, 4.69) is 74.6 Å². The van der Waals surface area contributed by atoms with E-state index in [-0.39, 0.29) is 25.2 Å². The van der Waals surface area contributed by atoms with E-state index in [4.69, 9.17) is 9.47 Å². The molecule has 1 N–H and O–H groups in total. The van der Waals surface area contributed by atoms with Crippen LogP contribution in [-0.4, -0.2) is 36.4 Å². The van der Waals surface area contributed by atoms with Gasteiger partial charge in [-0.25, -0.2) is 0 Å². The van der Waals surface area contributed by atoms with Gasteiger partial charge in [-0.2, -0.15) is 0 Å². The fraction of sp³-hybridized carbons (Fsp3) is 0.824. The molecule has 0 aliphatic heterocycles. The minimum absolute atomic E-state index is 0.0785. The van der Waals surface area contributed by atoms with Gasteiger partial charge >= 0.3 is 11.9 Å². The van der Waals surface area contributed by atoms with Crippen molar-refractivity contribution in [1.29, 1.82) is 0 Å². The molecular formula is C68H124O5. The van der Waals surface area contributed by atoms with Crippen LogP contribution in [0, 0.1) is 0 Å². The molecule has 73 heavy (non-hydrogen) atoms. The van der Waals surface area contributed by atoms with Gasteiger partial charge in [0, 0.05) is 12.8 Å². The summed E-state index contributed by atoms with van der Waals surface area (Å²) in [5, 5.41) is 9.65. The maximum atomic E-state index is 12.3. The standard InChI is InChI=1S/C68H124O5/c1-3-5-7-9-11-13-15-17-19-21-23-24-25-26-27-28-29-30-31-32-33-34-35-36-37-38-39-40-41-42-43-45-46-48-50-52-54-56-58-60-62-67(70)72-65-66(64-69)73-68(71)63-61-59-57-55-53-51-49-47-44-22-20-18-16-14-12-10-8-6-4-2/h6,8,12,14,18,20,44,47,51,53,66,69H,3-5,7,9-11,13,15-17,19,21-43,45-46,48-50,52,54-65H2,1-2H3/b8-6-,14-12-,20-18-,47-44-,53-51-. The number of esters is 2. The van der Waals surface area contributed by atoms with E-state index in [1.807, 2.05) is 0 Å². The number of aliphatic hydroxyl groups is 1. The molecule has 0 aromatic heterocycles. The second-order valence-electron chi connectivity index (χ2n) is 21.8. The van der Waals surface area contributed by atoms with Crippen molar-refractivity contribution in [3.05, 3.63) is 60.8 Å². The van der Waals surface area contributed by atoms with Crippen molar-refractivity contribution in [2.75, 3.05) is 13.2 Å². The van der Waals surface area contributed by atoms with E-state index in [0.717, 1.165) is 77.0 Å². The van der Waals surface area contributed by atoms with Gasteiger partial charge in [0.15, 0.2) is 6.10 Å². The Morgan fingerprint density at radius 3 is 0.890 bits per heavy atom. The predicted molar refractivity (Wildman–Crippen MR) is 320 cm³/mol. The molecule has 0 saturated carbocycles. The largest absolute Gasteiger partial charge is 0.462 e. The van der Waals surface area contributed by atoms with Gasteiger partial charge in [-0.3, -0.25) is 9.59 Å². The average Bonchev–Trinajstić information content (AvgIpc) is 3.39. The molecule has 426 valence electrons. The Balaban J connectivity index is 3.39. The van der Waals surface area contributed by atoms with Crippen LogP contribution in [0.1, 0.15) is 341 Å². The summed E-state index contributed by atoms with van der Waals surface area (Å²) in [6, 6.07) is 0. The zero-order valence-corrected chi connectivity index (χ0v) is 48.9. The van der Waals surface area contributed by atoms with Crippen LogP contribution >= 0.6 is 0 Å². The van der Waals surface area contributed by atoms with Crippen LogP contribution in [0.3, 0.4) is 0 Å². The van der Waals surface area contributed by atoms with Gasteiger partial charge in [-0.15, -0.1) is 0 Å². The first-order valence-electron chi connectivity index (χ1n) is 32.3. The summed E-state index contributed by atoms with van der Waals surface area (Å²) in [5.74, 6) is -0.617. The monoisotopic (exact) mass is 1020 g/mol. The van der Waals surface area contributed by atoms with Crippen LogP contribution in [0.2, 0.25) is 0 Å². The van der Waals surface area contributed by atoms with Crippen molar-refractivity contribution < 1.29 is 24.2 Å². The van der Waals surface area contributed by atoms with Crippen molar-refractivity contribution in [3.8, 4) is 0 Å². The minimum Gasteiger partial charge on any atom is -0.462 e. The third-order valence-electron chi connectivity index (χ3n) is 14.6. The van der Waals surface area contributed by atoms with Crippen LogP contribution in [0.15, 0.2) is 60.8 Å². The van der Waals surface area contributed by atoms with Crippen LogP contribution < -0.4 is 0 Å². The van der Waals surface area contributed by atoms with E-state index in [9.17, 15) is 14.7 Å². The van der Waals surface area contributed by atoms with E-state index in [1.54, 1.807) is 0 Å². The lowest BCUT2D eigenvalue weighted by Gasteiger charge is -2.15. The molecule has 5 heteroatoms. The third kappa shape index (κ3) is 62.0. The van der Waals surface area contributed by atoms with Crippen LogP contribution in [0.25, 0.3) is 0 Å². The molecule has 0 spiro atoms. The fourth-order valence-electron chi connectivity index (χ4n) is 9.76. The molecule has 0 aromatic rings. The molecule has 0 aromatic carbocycles. The van der Waals surface area contributed by atoms with Gasteiger partial charge in [0.2, 0.25) is 0 Å². The number of rotatable bonds is 60. The highest BCUT2D eigenvalue weighted by molar-refractivity contribution is 5.70. The third-order valence-corrected chi connectivity index (χ3v) is 14.6. The summed E-state index contributed by atoms with van der Waals surface area (Å²) in [7, 11) is 0. The Morgan fingerprint density at radius 1 is 0.329 bits per heavy atom. The smallest absolute Gasteiger partial charge is 0.306 e. The summed E-state index contributed by atoms with van der Waals surface area (Å²) in [5.41, 5.74) is 0. The molecule has 0 heterocycles. The van der Waals surface area contributed by atoms with E-state index < -0.39 is 6.10 Å². The van der Waals surface area contributed by atoms with E-state index in [1.165, 1.54) is 238 Å². The number of ether oxygens (including phenoxy) is 2. The topological polar surface area (TPSA) is 72.8 Å². The second-order valence-corrected chi connectivity index (χ2v) is 21.8. The summed E-state index contributed by atoms with van der Waals surface area (Å²) in [6.07, 6.45) is 86.9. The van der Waals surface area contributed by atoms with Crippen LogP contribution in [0.4, 0.5) is 0 Å². The number of carbonyl (C=O) groups is 2. The first-order valence-corrected chi connectivity index (χ1v) is 32.3. The molecule has 0 rings (SSSR count). The predicted octanol–water partition coefficient (Wildman–Crippen LogP) is 22.1. The Hall–Kier alpha value is -2.40. The molecule has 0 bridgehead atoms. The highest BCUT2D eigenvalue weighted by Crippen LogP contribution is 2.18. The molecule has 0 aliphatic carbocycles. The van der Waals surface area contributed by atoms with E-state index >= 15 is 0 Å². The van der Waals surface area contributed by atoms with Gasteiger partial charge in [0.1, 0.15) is 6.61 Å². The normalized spacial score (nSPS) is 12.5. The highest BCUT2D eigenvalue weighted by Gasteiger charge is 2.16. The summed E-state index contributed by atoms with van der Waals surface area (Å²) in [4.78, 5) is 24.5. The minimum atomic E-state index is -0.791. The SMILES string of the molecule is CC/C=C\C/C=C\C/C=C\C/C=C\C/C=C\CCCCCC(=O)OC(CO)COC(=O)CCCCCCCCCCCCCCCCCCCCCCCCCCCCCCCCCCCCCCCCCC. The summed E-state index contributed by atoms with van der Waals surface area (Å²) < 4.78 is 10.7. The average molecular weight is 1020 g/mol. The first kappa shape index (κ1) is 70.6. The number of unbranched alkanes of at least 4 members (excludes halogenated alkanes) is 42. The summed E-state index contributed by atoms with van der Waals surface area (Å²) in [6.45, 7) is 4.04. The van der Waals surface area contributed by atoms with Crippen LogP contribution in [-0.2, 0) is 19.1 Å². The van der Waals surface area contributed by atoms with Crippen molar-refractivity contribution in [1.82, 2.24) is 0 Å². The van der Waals surface area contributed by atoms with Gasteiger partial charge in [-0.1, -0.05) is 331 Å². The molecule has 1 unspecified atom stereocenters. The van der Waals surface area contributed by atoms with Crippen molar-refractivity contribution >= 4 is 11.9 Å². The highest BCUT2D eigenvalue weighted by atomic mass is 16.6. The Morgan fingerprint density at radius 2 is 0.589 bits per heavy atom. The van der Waals surface area contributed by atoms with Crippen LogP contribution in [0.5, 0.6) is 0 Å². The number of carbonyl (C=O) groups excluding carboxylic acids is 2. The molecule has 0 amide bonds. The lowest BCUT2D eigenvalue weighted by Crippen LogP contribution is -2.28. The molecule has 1 atom stereocenters. The Labute approximate surface area is 455 Å². The number of aliphatic hydroxyl groups excluding tert-OH is 1.